The summed E-state index contributed by atoms with van der Waals surface area (Å²) < 4.78 is 1.76. The van der Waals surface area contributed by atoms with Crippen molar-refractivity contribution in [2.24, 2.45) is 7.05 Å². The van der Waals surface area contributed by atoms with Crippen molar-refractivity contribution in [2.45, 2.75) is 6.42 Å². The van der Waals surface area contributed by atoms with Crippen LogP contribution < -0.4 is 0 Å². The van der Waals surface area contributed by atoms with Crippen LogP contribution in [-0.2, 0) is 13.5 Å². The average molecular weight is 143 g/mol. The lowest BCUT2D eigenvalue weighted by molar-refractivity contribution is 0.683. The molecule has 4 heteroatoms. The Morgan fingerprint density at radius 1 is 1.78 bits per heavy atom. The Hall–Kier alpha value is -0.510. The first kappa shape index (κ1) is 6.61. The van der Waals surface area contributed by atoms with Crippen molar-refractivity contribution < 1.29 is 0 Å². The minimum Gasteiger partial charge on any atom is -0.252 e. The third-order valence-corrected chi connectivity index (χ3v) is 1.40. The van der Waals surface area contributed by atoms with E-state index in [-0.39, 0.29) is 0 Å². The van der Waals surface area contributed by atoms with Crippen LogP contribution in [0.2, 0.25) is 0 Å². The van der Waals surface area contributed by atoms with Gasteiger partial charge in [-0.3, -0.25) is 4.68 Å². The van der Waals surface area contributed by atoms with Crippen LogP contribution in [0.3, 0.4) is 0 Å². The first-order chi connectivity index (χ1) is 4.34. The Kier molecular flexibility index (Phi) is 2.10. The van der Waals surface area contributed by atoms with Crippen molar-refractivity contribution in [1.29, 1.82) is 0 Å². The second kappa shape index (κ2) is 2.87. The van der Waals surface area contributed by atoms with Gasteiger partial charge in [0.25, 0.3) is 0 Å². The number of rotatable bonds is 2. The van der Waals surface area contributed by atoms with Crippen molar-refractivity contribution in [3.8, 4) is 0 Å². The molecule has 0 aliphatic carbocycles. The van der Waals surface area contributed by atoms with Crippen LogP contribution >= 0.6 is 12.6 Å². The SMILES string of the molecule is Cn1nncc1CCS. The van der Waals surface area contributed by atoms with Crippen molar-refractivity contribution in [3.05, 3.63) is 11.9 Å². The molecule has 1 aromatic rings. The summed E-state index contributed by atoms with van der Waals surface area (Å²) >= 11 is 4.09. The molecule has 0 spiro atoms. The van der Waals surface area contributed by atoms with Crippen LogP contribution in [0.5, 0.6) is 0 Å². The van der Waals surface area contributed by atoms with Gasteiger partial charge in [-0.1, -0.05) is 5.21 Å². The van der Waals surface area contributed by atoms with E-state index in [1.165, 1.54) is 0 Å². The van der Waals surface area contributed by atoms with Crippen LogP contribution in [0, 0.1) is 0 Å². The lowest BCUT2D eigenvalue weighted by atomic mass is 10.4. The normalized spacial score (nSPS) is 10.0. The maximum Gasteiger partial charge on any atom is 0.0725 e. The lowest BCUT2D eigenvalue weighted by Crippen LogP contribution is -1.98. The number of hydrogen-bond donors (Lipinski definition) is 1. The highest BCUT2D eigenvalue weighted by molar-refractivity contribution is 7.80. The van der Waals surface area contributed by atoms with Gasteiger partial charge in [-0.2, -0.15) is 12.6 Å². The molecular weight excluding hydrogens is 134 g/mol. The maximum atomic E-state index is 4.09. The van der Waals surface area contributed by atoms with Gasteiger partial charge in [0.2, 0.25) is 0 Å². The van der Waals surface area contributed by atoms with Crippen LogP contribution in [0.15, 0.2) is 6.20 Å². The third kappa shape index (κ3) is 1.45. The van der Waals surface area contributed by atoms with Gasteiger partial charge in [-0.05, 0) is 12.2 Å². The molecule has 0 aromatic carbocycles. The van der Waals surface area contributed by atoms with Crippen LogP contribution in [0.1, 0.15) is 5.69 Å². The van der Waals surface area contributed by atoms with Crippen molar-refractivity contribution in [2.75, 3.05) is 5.75 Å². The molecular formula is C5H9N3S. The van der Waals surface area contributed by atoms with Crippen LogP contribution in [0.25, 0.3) is 0 Å². The molecule has 1 rings (SSSR count). The predicted molar refractivity (Wildman–Crippen MR) is 38.6 cm³/mol. The zero-order valence-electron chi connectivity index (χ0n) is 5.28. The van der Waals surface area contributed by atoms with Gasteiger partial charge in [0.05, 0.1) is 11.9 Å². The summed E-state index contributed by atoms with van der Waals surface area (Å²) in [7, 11) is 1.88. The Morgan fingerprint density at radius 3 is 3.00 bits per heavy atom. The minimum atomic E-state index is 0.848. The molecule has 1 heterocycles. The molecule has 1 aromatic heterocycles. The number of aromatic nitrogens is 3. The maximum absolute atomic E-state index is 4.09. The lowest BCUT2D eigenvalue weighted by Gasteiger charge is -1.93. The highest BCUT2D eigenvalue weighted by Crippen LogP contribution is 1.94. The molecule has 0 bridgehead atoms. The molecule has 9 heavy (non-hydrogen) atoms. The van der Waals surface area contributed by atoms with E-state index in [2.05, 4.69) is 22.9 Å². The van der Waals surface area contributed by atoms with Gasteiger partial charge in [0.1, 0.15) is 0 Å². The summed E-state index contributed by atoms with van der Waals surface area (Å²) in [6, 6.07) is 0. The van der Waals surface area contributed by atoms with Crippen LogP contribution in [0.4, 0.5) is 0 Å². The first-order valence-electron chi connectivity index (χ1n) is 2.79. The molecule has 0 aliphatic heterocycles. The minimum absolute atomic E-state index is 0.848. The van der Waals surface area contributed by atoms with Crippen molar-refractivity contribution >= 4 is 12.6 Å². The molecule has 0 saturated carbocycles. The molecule has 3 nitrogen and oxygen atoms in total. The second-order valence-corrected chi connectivity index (χ2v) is 2.27. The van der Waals surface area contributed by atoms with E-state index in [4.69, 9.17) is 0 Å². The summed E-state index contributed by atoms with van der Waals surface area (Å²) in [6.45, 7) is 0. The number of nitrogens with zero attached hydrogens (tertiary/aromatic N) is 3. The molecule has 0 aliphatic rings. The summed E-state index contributed by atoms with van der Waals surface area (Å²) in [6.07, 6.45) is 2.70. The summed E-state index contributed by atoms with van der Waals surface area (Å²) in [5, 5.41) is 7.49. The Morgan fingerprint density at radius 2 is 2.56 bits per heavy atom. The standard InChI is InChI=1S/C5H9N3S/c1-8-5(2-3-9)4-6-7-8/h4,9H,2-3H2,1H3. The monoisotopic (exact) mass is 143 g/mol. The highest BCUT2D eigenvalue weighted by Gasteiger charge is 1.95. The fraction of sp³-hybridized carbons (Fsp3) is 0.600. The summed E-state index contributed by atoms with van der Waals surface area (Å²) in [5.41, 5.74) is 1.13. The summed E-state index contributed by atoms with van der Waals surface area (Å²) in [5.74, 6) is 0.848. The van der Waals surface area contributed by atoms with E-state index in [0.717, 1.165) is 17.9 Å². The molecule has 0 atom stereocenters. The quantitative estimate of drug-likeness (QED) is 0.603. The van der Waals surface area contributed by atoms with Gasteiger partial charge < -0.3 is 0 Å². The molecule has 0 radical (unpaired) electrons. The van der Waals surface area contributed by atoms with Crippen LogP contribution in [-0.4, -0.2) is 20.7 Å². The van der Waals surface area contributed by atoms with E-state index in [0.29, 0.717) is 0 Å². The molecule has 0 fully saturated rings. The number of aryl methyl sites for hydroxylation is 2. The average Bonchev–Trinajstić information content (AvgIpc) is 2.18. The second-order valence-electron chi connectivity index (χ2n) is 1.82. The Bertz CT molecular complexity index is 184. The predicted octanol–water partition coefficient (Wildman–Crippen LogP) is 0.287. The molecule has 0 unspecified atom stereocenters. The number of hydrogen-bond acceptors (Lipinski definition) is 3. The van der Waals surface area contributed by atoms with Gasteiger partial charge in [-0.25, -0.2) is 0 Å². The van der Waals surface area contributed by atoms with Gasteiger partial charge in [0.15, 0.2) is 0 Å². The Balaban J connectivity index is 2.69. The largest absolute Gasteiger partial charge is 0.252 e. The fourth-order valence-electron chi connectivity index (χ4n) is 0.652. The zero-order chi connectivity index (χ0) is 6.69. The molecule has 0 saturated heterocycles. The molecule has 0 N–H and O–H groups in total. The third-order valence-electron chi connectivity index (χ3n) is 1.18. The van der Waals surface area contributed by atoms with E-state index in [1.807, 2.05) is 7.05 Å². The first-order valence-corrected chi connectivity index (χ1v) is 3.42. The summed E-state index contributed by atoms with van der Waals surface area (Å²) in [4.78, 5) is 0. The van der Waals surface area contributed by atoms with Gasteiger partial charge >= 0.3 is 0 Å². The molecule has 0 amide bonds. The van der Waals surface area contributed by atoms with E-state index >= 15 is 0 Å². The Labute approximate surface area is 59.5 Å². The van der Waals surface area contributed by atoms with Gasteiger partial charge in [0, 0.05) is 7.05 Å². The fourth-order valence-corrected chi connectivity index (χ4v) is 0.881. The van der Waals surface area contributed by atoms with Gasteiger partial charge in [-0.15, -0.1) is 5.10 Å². The topological polar surface area (TPSA) is 30.7 Å². The van der Waals surface area contributed by atoms with E-state index < -0.39 is 0 Å². The van der Waals surface area contributed by atoms with E-state index in [1.54, 1.807) is 10.9 Å². The number of thiol groups is 1. The van der Waals surface area contributed by atoms with Crippen molar-refractivity contribution in [1.82, 2.24) is 15.0 Å². The zero-order valence-corrected chi connectivity index (χ0v) is 6.17. The highest BCUT2D eigenvalue weighted by atomic mass is 32.1. The van der Waals surface area contributed by atoms with E-state index in [9.17, 15) is 0 Å². The molecule has 50 valence electrons. The smallest absolute Gasteiger partial charge is 0.0725 e. The van der Waals surface area contributed by atoms with Crippen molar-refractivity contribution in [3.63, 3.8) is 0 Å².